The number of nitrogens with zero attached hydrogens (tertiary/aromatic N) is 3. The monoisotopic (exact) mass is 270 g/mol. The topological polar surface area (TPSA) is 41.0 Å². The summed E-state index contributed by atoms with van der Waals surface area (Å²) in [5.41, 5.74) is 1.03. The molecule has 0 aliphatic carbocycles. The van der Waals surface area contributed by atoms with Gasteiger partial charge >= 0.3 is 0 Å². The zero-order valence-electron chi connectivity index (χ0n) is 12.2. The fraction of sp³-hybridized carbons (Fsp3) is 0.500. The lowest BCUT2D eigenvalue weighted by Gasteiger charge is -2.40. The van der Waals surface area contributed by atoms with E-state index in [1.165, 1.54) is 19.3 Å². The SMILES string of the molecule is CNC(C)C1CCCCN1c1ncnc2ccccc12. The van der Waals surface area contributed by atoms with Gasteiger partial charge in [0, 0.05) is 24.0 Å². The van der Waals surface area contributed by atoms with Gasteiger partial charge in [0.2, 0.25) is 0 Å². The van der Waals surface area contributed by atoms with Gasteiger partial charge in [0.05, 0.1) is 5.52 Å². The van der Waals surface area contributed by atoms with E-state index in [1.54, 1.807) is 6.33 Å². The van der Waals surface area contributed by atoms with Crippen molar-refractivity contribution in [2.75, 3.05) is 18.5 Å². The van der Waals surface area contributed by atoms with E-state index >= 15 is 0 Å². The van der Waals surface area contributed by atoms with Gasteiger partial charge in [-0.1, -0.05) is 12.1 Å². The van der Waals surface area contributed by atoms with Crippen molar-refractivity contribution < 1.29 is 0 Å². The van der Waals surface area contributed by atoms with Gasteiger partial charge in [-0.05, 0) is 45.4 Å². The van der Waals surface area contributed by atoms with E-state index in [9.17, 15) is 0 Å². The van der Waals surface area contributed by atoms with Crippen LogP contribution in [0.15, 0.2) is 30.6 Å². The lowest BCUT2D eigenvalue weighted by molar-refractivity contribution is 0.381. The summed E-state index contributed by atoms with van der Waals surface area (Å²) in [4.78, 5) is 11.4. The lowest BCUT2D eigenvalue weighted by Crippen LogP contribution is -2.50. The molecule has 4 heteroatoms. The Bertz CT molecular complexity index is 578. The molecule has 0 amide bonds. The Morgan fingerprint density at radius 3 is 2.95 bits per heavy atom. The van der Waals surface area contributed by atoms with Crippen LogP contribution in [-0.4, -0.2) is 35.6 Å². The van der Waals surface area contributed by atoms with Crippen molar-refractivity contribution in [1.82, 2.24) is 15.3 Å². The molecule has 0 radical (unpaired) electrons. The molecule has 1 aliphatic rings. The number of rotatable bonds is 3. The molecule has 2 unspecified atom stereocenters. The number of aromatic nitrogens is 2. The van der Waals surface area contributed by atoms with Crippen molar-refractivity contribution in [3.05, 3.63) is 30.6 Å². The number of nitrogens with one attached hydrogen (secondary N) is 1. The summed E-state index contributed by atoms with van der Waals surface area (Å²) >= 11 is 0. The first-order valence-corrected chi connectivity index (χ1v) is 7.45. The summed E-state index contributed by atoms with van der Waals surface area (Å²) in [6, 6.07) is 9.25. The van der Waals surface area contributed by atoms with Crippen LogP contribution in [0.25, 0.3) is 10.9 Å². The number of hydrogen-bond donors (Lipinski definition) is 1. The smallest absolute Gasteiger partial charge is 0.140 e. The Kier molecular flexibility index (Phi) is 3.83. The highest BCUT2D eigenvalue weighted by molar-refractivity contribution is 5.89. The van der Waals surface area contributed by atoms with Crippen molar-refractivity contribution in [2.45, 2.75) is 38.3 Å². The fourth-order valence-corrected chi connectivity index (χ4v) is 3.15. The quantitative estimate of drug-likeness (QED) is 0.931. The molecule has 0 saturated carbocycles. The minimum Gasteiger partial charge on any atom is -0.351 e. The first-order valence-electron chi connectivity index (χ1n) is 7.45. The zero-order valence-corrected chi connectivity index (χ0v) is 12.2. The van der Waals surface area contributed by atoms with Crippen molar-refractivity contribution >= 4 is 16.7 Å². The van der Waals surface area contributed by atoms with E-state index in [2.05, 4.69) is 45.3 Å². The maximum absolute atomic E-state index is 4.58. The largest absolute Gasteiger partial charge is 0.351 e. The zero-order chi connectivity index (χ0) is 13.9. The summed E-state index contributed by atoms with van der Waals surface area (Å²) in [6.07, 6.45) is 5.45. The Balaban J connectivity index is 2.03. The van der Waals surface area contributed by atoms with Gasteiger partial charge in [0.1, 0.15) is 12.1 Å². The van der Waals surface area contributed by atoms with E-state index < -0.39 is 0 Å². The van der Waals surface area contributed by atoms with Crippen LogP contribution in [0.1, 0.15) is 26.2 Å². The van der Waals surface area contributed by atoms with Crippen LogP contribution >= 0.6 is 0 Å². The number of fused-ring (bicyclic) bond motifs is 1. The van der Waals surface area contributed by atoms with E-state index in [4.69, 9.17) is 0 Å². The van der Waals surface area contributed by atoms with Crippen molar-refractivity contribution in [2.24, 2.45) is 0 Å². The van der Waals surface area contributed by atoms with Gasteiger partial charge in [-0.2, -0.15) is 0 Å². The van der Waals surface area contributed by atoms with Crippen LogP contribution in [0.3, 0.4) is 0 Å². The van der Waals surface area contributed by atoms with Gasteiger partial charge in [0.25, 0.3) is 0 Å². The van der Waals surface area contributed by atoms with Crippen molar-refractivity contribution in [1.29, 1.82) is 0 Å². The predicted molar refractivity (Wildman–Crippen MR) is 83.0 cm³/mol. The average Bonchev–Trinajstić information content (AvgIpc) is 2.53. The minimum absolute atomic E-state index is 0.462. The van der Waals surface area contributed by atoms with Gasteiger partial charge < -0.3 is 10.2 Å². The van der Waals surface area contributed by atoms with Crippen LogP contribution in [0.4, 0.5) is 5.82 Å². The maximum atomic E-state index is 4.58. The van der Waals surface area contributed by atoms with Crippen LogP contribution in [0.5, 0.6) is 0 Å². The highest BCUT2D eigenvalue weighted by Gasteiger charge is 2.28. The van der Waals surface area contributed by atoms with Crippen LogP contribution in [0.2, 0.25) is 0 Å². The number of likely N-dealkylation sites (N-methyl/N-ethyl adjacent to an activating group) is 1. The van der Waals surface area contributed by atoms with Gasteiger partial charge in [0.15, 0.2) is 0 Å². The molecule has 2 atom stereocenters. The number of benzene rings is 1. The molecule has 0 bridgehead atoms. The molecule has 1 N–H and O–H groups in total. The molecule has 20 heavy (non-hydrogen) atoms. The number of hydrogen-bond acceptors (Lipinski definition) is 4. The summed E-state index contributed by atoms with van der Waals surface area (Å²) in [7, 11) is 2.04. The molecule has 2 heterocycles. The first kappa shape index (κ1) is 13.3. The Morgan fingerprint density at radius 2 is 2.10 bits per heavy atom. The van der Waals surface area contributed by atoms with Crippen molar-refractivity contribution in [3.63, 3.8) is 0 Å². The minimum atomic E-state index is 0.462. The molecular formula is C16H22N4. The van der Waals surface area contributed by atoms with Crippen molar-refractivity contribution in [3.8, 4) is 0 Å². The molecule has 3 rings (SSSR count). The highest BCUT2D eigenvalue weighted by atomic mass is 15.2. The molecule has 1 aliphatic heterocycles. The second kappa shape index (κ2) is 5.75. The van der Waals surface area contributed by atoms with E-state index in [1.807, 2.05) is 13.1 Å². The van der Waals surface area contributed by atoms with Gasteiger partial charge in [-0.25, -0.2) is 9.97 Å². The van der Waals surface area contributed by atoms with Gasteiger partial charge in [-0.3, -0.25) is 0 Å². The summed E-state index contributed by atoms with van der Waals surface area (Å²) in [6.45, 7) is 3.34. The summed E-state index contributed by atoms with van der Waals surface area (Å²) < 4.78 is 0. The standard InChI is InChI=1S/C16H22N4/c1-12(17-2)15-9-5-6-10-20(15)16-13-7-3-4-8-14(13)18-11-19-16/h3-4,7-8,11-12,15,17H,5-6,9-10H2,1-2H3. The molecule has 1 fully saturated rings. The number of para-hydroxylation sites is 1. The second-order valence-corrected chi connectivity index (χ2v) is 5.55. The van der Waals surface area contributed by atoms with E-state index in [-0.39, 0.29) is 0 Å². The molecule has 1 aromatic carbocycles. The van der Waals surface area contributed by atoms with Crippen LogP contribution in [-0.2, 0) is 0 Å². The normalized spacial score (nSPS) is 21.1. The number of anilines is 1. The molecule has 4 nitrogen and oxygen atoms in total. The van der Waals surface area contributed by atoms with E-state index in [0.29, 0.717) is 12.1 Å². The van der Waals surface area contributed by atoms with Crippen LogP contribution in [0, 0.1) is 0 Å². The molecule has 106 valence electrons. The lowest BCUT2D eigenvalue weighted by atomic mass is 9.96. The molecule has 2 aromatic rings. The Hall–Kier alpha value is -1.68. The predicted octanol–water partition coefficient (Wildman–Crippen LogP) is 2.60. The van der Waals surface area contributed by atoms with E-state index in [0.717, 1.165) is 23.3 Å². The fourth-order valence-electron chi connectivity index (χ4n) is 3.15. The molecule has 0 spiro atoms. The second-order valence-electron chi connectivity index (χ2n) is 5.55. The third-order valence-corrected chi connectivity index (χ3v) is 4.38. The Labute approximate surface area is 120 Å². The Morgan fingerprint density at radius 1 is 1.25 bits per heavy atom. The highest BCUT2D eigenvalue weighted by Crippen LogP contribution is 2.29. The molecule has 1 saturated heterocycles. The third-order valence-electron chi connectivity index (χ3n) is 4.38. The summed E-state index contributed by atoms with van der Waals surface area (Å²) in [5, 5.41) is 4.55. The molecule has 1 aromatic heterocycles. The number of piperidine rings is 1. The summed E-state index contributed by atoms with van der Waals surface area (Å²) in [5.74, 6) is 1.09. The average molecular weight is 270 g/mol. The van der Waals surface area contributed by atoms with Crippen LogP contribution < -0.4 is 10.2 Å². The van der Waals surface area contributed by atoms with Gasteiger partial charge in [-0.15, -0.1) is 0 Å². The first-order chi connectivity index (χ1) is 9.81. The third kappa shape index (κ3) is 2.36. The molecular weight excluding hydrogens is 248 g/mol. The maximum Gasteiger partial charge on any atom is 0.140 e.